The van der Waals surface area contributed by atoms with Gasteiger partial charge in [-0.15, -0.1) is 0 Å². The molecule has 2 atom stereocenters. The molecule has 15 heavy (non-hydrogen) atoms. The zero-order valence-electron chi connectivity index (χ0n) is 8.99. The number of hydrogen-bond donors (Lipinski definition) is 2. The second-order valence-corrected chi connectivity index (χ2v) is 4.41. The van der Waals surface area contributed by atoms with Gasteiger partial charge in [0, 0.05) is 12.1 Å². The van der Waals surface area contributed by atoms with Gasteiger partial charge in [0.1, 0.15) is 5.82 Å². The molecule has 1 aromatic rings. The fourth-order valence-corrected chi connectivity index (χ4v) is 2.22. The lowest BCUT2D eigenvalue weighted by molar-refractivity contribution is 0.358. The molecule has 4 heteroatoms. The number of aromatic amines is 1. The quantitative estimate of drug-likeness (QED) is 0.777. The zero-order chi connectivity index (χ0) is 10.7. The molecule has 1 heterocycles. The molecule has 2 rings (SSSR count). The van der Waals surface area contributed by atoms with E-state index < -0.39 is 0 Å². The highest BCUT2D eigenvalue weighted by Gasteiger charge is 2.18. The highest BCUT2D eigenvalue weighted by molar-refractivity contribution is 5.33. The summed E-state index contributed by atoms with van der Waals surface area (Å²) < 4.78 is 0. The van der Waals surface area contributed by atoms with Gasteiger partial charge in [0.2, 0.25) is 0 Å². The first kappa shape index (κ1) is 10.2. The van der Waals surface area contributed by atoms with E-state index in [0.717, 1.165) is 5.92 Å². The maximum atomic E-state index is 11.1. The summed E-state index contributed by atoms with van der Waals surface area (Å²) in [6.07, 6.45) is 6.38. The third kappa shape index (κ3) is 2.81. The molecule has 0 aromatic carbocycles. The Morgan fingerprint density at radius 3 is 3.13 bits per heavy atom. The monoisotopic (exact) mass is 207 g/mol. The number of H-pyrrole nitrogens is 1. The largest absolute Gasteiger partial charge is 0.367 e. The third-order valence-electron chi connectivity index (χ3n) is 2.97. The summed E-state index contributed by atoms with van der Waals surface area (Å²) in [6, 6.07) is 1.99. The molecule has 4 nitrogen and oxygen atoms in total. The molecule has 1 aromatic heterocycles. The van der Waals surface area contributed by atoms with Crippen LogP contribution in [-0.2, 0) is 0 Å². The summed E-state index contributed by atoms with van der Waals surface area (Å²) in [4.78, 5) is 17.7. The van der Waals surface area contributed by atoms with Crippen molar-refractivity contribution in [1.29, 1.82) is 0 Å². The van der Waals surface area contributed by atoms with E-state index in [-0.39, 0.29) is 5.56 Å². The summed E-state index contributed by atoms with van der Waals surface area (Å²) >= 11 is 0. The van der Waals surface area contributed by atoms with Crippen LogP contribution >= 0.6 is 0 Å². The van der Waals surface area contributed by atoms with Gasteiger partial charge >= 0.3 is 0 Å². The SMILES string of the molecule is CC1CCCC(Nc2cc(=O)[nH]cn2)C1. The average molecular weight is 207 g/mol. The smallest absolute Gasteiger partial charge is 0.252 e. The summed E-state index contributed by atoms with van der Waals surface area (Å²) in [6.45, 7) is 2.28. The Morgan fingerprint density at radius 2 is 2.40 bits per heavy atom. The lowest BCUT2D eigenvalue weighted by atomic mass is 9.87. The van der Waals surface area contributed by atoms with Gasteiger partial charge in [-0.05, 0) is 18.8 Å². The molecule has 2 N–H and O–H groups in total. The second kappa shape index (κ2) is 4.47. The number of anilines is 1. The average Bonchev–Trinajstić information content (AvgIpc) is 2.17. The minimum atomic E-state index is -0.101. The Balaban J connectivity index is 1.99. The van der Waals surface area contributed by atoms with Crippen molar-refractivity contribution in [2.45, 2.75) is 38.6 Å². The second-order valence-electron chi connectivity index (χ2n) is 4.41. The van der Waals surface area contributed by atoms with Crippen LogP contribution in [0.4, 0.5) is 5.82 Å². The van der Waals surface area contributed by atoms with E-state index in [1.54, 1.807) is 0 Å². The lowest BCUT2D eigenvalue weighted by Crippen LogP contribution is -2.27. The number of aromatic nitrogens is 2. The van der Waals surface area contributed by atoms with Crippen molar-refractivity contribution < 1.29 is 0 Å². The van der Waals surface area contributed by atoms with Crippen molar-refractivity contribution in [2.24, 2.45) is 5.92 Å². The Kier molecular flexibility index (Phi) is 3.04. The van der Waals surface area contributed by atoms with Crippen LogP contribution in [0.2, 0.25) is 0 Å². The first-order valence-electron chi connectivity index (χ1n) is 5.55. The molecular weight excluding hydrogens is 190 g/mol. The third-order valence-corrected chi connectivity index (χ3v) is 2.97. The molecule has 1 fully saturated rings. The molecule has 0 bridgehead atoms. The van der Waals surface area contributed by atoms with Crippen LogP contribution in [-0.4, -0.2) is 16.0 Å². The topological polar surface area (TPSA) is 57.8 Å². The zero-order valence-corrected chi connectivity index (χ0v) is 8.99. The Labute approximate surface area is 89.1 Å². The van der Waals surface area contributed by atoms with Crippen molar-refractivity contribution in [3.8, 4) is 0 Å². The normalized spacial score (nSPS) is 26.2. The van der Waals surface area contributed by atoms with Crippen LogP contribution in [0.3, 0.4) is 0 Å². The molecule has 0 saturated heterocycles. The molecular formula is C11H17N3O. The van der Waals surface area contributed by atoms with Gasteiger partial charge in [-0.25, -0.2) is 4.98 Å². The van der Waals surface area contributed by atoms with E-state index >= 15 is 0 Å². The molecule has 0 radical (unpaired) electrons. The summed E-state index contributed by atoms with van der Waals surface area (Å²) in [5, 5.41) is 3.32. The van der Waals surface area contributed by atoms with Gasteiger partial charge in [-0.3, -0.25) is 4.79 Å². The van der Waals surface area contributed by atoms with Gasteiger partial charge in [0.05, 0.1) is 6.33 Å². The number of hydrogen-bond acceptors (Lipinski definition) is 3. The predicted octanol–water partition coefficient (Wildman–Crippen LogP) is 1.76. The van der Waals surface area contributed by atoms with E-state index in [0.29, 0.717) is 11.9 Å². The fourth-order valence-electron chi connectivity index (χ4n) is 2.22. The molecule has 0 spiro atoms. The number of nitrogens with one attached hydrogen (secondary N) is 2. The van der Waals surface area contributed by atoms with Gasteiger partial charge in [-0.2, -0.15) is 0 Å². The van der Waals surface area contributed by atoms with Crippen molar-refractivity contribution in [3.63, 3.8) is 0 Å². The molecule has 1 saturated carbocycles. The van der Waals surface area contributed by atoms with Crippen LogP contribution in [0, 0.1) is 5.92 Å². The molecule has 82 valence electrons. The lowest BCUT2D eigenvalue weighted by Gasteiger charge is -2.27. The van der Waals surface area contributed by atoms with Crippen molar-refractivity contribution in [3.05, 3.63) is 22.7 Å². The standard InChI is InChI=1S/C11H17N3O/c1-8-3-2-4-9(5-8)14-10-6-11(15)13-7-12-10/h6-9H,2-5H2,1H3,(H2,12,13,14,15). The number of nitrogens with zero attached hydrogens (tertiary/aromatic N) is 1. The van der Waals surface area contributed by atoms with Crippen molar-refractivity contribution in [2.75, 3.05) is 5.32 Å². The molecule has 2 unspecified atom stereocenters. The highest BCUT2D eigenvalue weighted by atomic mass is 16.1. The van der Waals surface area contributed by atoms with E-state index in [2.05, 4.69) is 22.2 Å². The van der Waals surface area contributed by atoms with E-state index in [4.69, 9.17) is 0 Å². The van der Waals surface area contributed by atoms with Gasteiger partial charge in [0.25, 0.3) is 5.56 Å². The highest BCUT2D eigenvalue weighted by Crippen LogP contribution is 2.25. The van der Waals surface area contributed by atoms with Gasteiger partial charge in [0.15, 0.2) is 0 Å². The minimum Gasteiger partial charge on any atom is -0.367 e. The van der Waals surface area contributed by atoms with Crippen molar-refractivity contribution in [1.82, 2.24) is 9.97 Å². The molecule has 1 aliphatic carbocycles. The predicted molar refractivity (Wildman–Crippen MR) is 59.9 cm³/mol. The number of rotatable bonds is 2. The van der Waals surface area contributed by atoms with Crippen molar-refractivity contribution >= 4 is 5.82 Å². The first-order chi connectivity index (χ1) is 7.24. The summed E-state index contributed by atoms with van der Waals surface area (Å²) in [5.41, 5.74) is -0.101. The van der Waals surface area contributed by atoms with E-state index in [9.17, 15) is 4.79 Å². The first-order valence-corrected chi connectivity index (χ1v) is 5.55. The summed E-state index contributed by atoms with van der Waals surface area (Å²) in [7, 11) is 0. The molecule has 0 amide bonds. The van der Waals surface area contributed by atoms with Gasteiger partial charge in [-0.1, -0.05) is 19.8 Å². The Bertz CT molecular complexity index is 374. The van der Waals surface area contributed by atoms with Crippen LogP contribution < -0.4 is 10.9 Å². The van der Waals surface area contributed by atoms with E-state index in [1.807, 2.05) is 0 Å². The van der Waals surface area contributed by atoms with Crippen LogP contribution in [0.1, 0.15) is 32.6 Å². The minimum absolute atomic E-state index is 0.101. The Morgan fingerprint density at radius 1 is 1.53 bits per heavy atom. The van der Waals surface area contributed by atoms with Crippen LogP contribution in [0.5, 0.6) is 0 Å². The van der Waals surface area contributed by atoms with Crippen LogP contribution in [0.25, 0.3) is 0 Å². The van der Waals surface area contributed by atoms with Crippen LogP contribution in [0.15, 0.2) is 17.2 Å². The Hall–Kier alpha value is -1.32. The maximum Gasteiger partial charge on any atom is 0.252 e. The molecule has 1 aliphatic rings. The van der Waals surface area contributed by atoms with Gasteiger partial charge < -0.3 is 10.3 Å². The maximum absolute atomic E-state index is 11.1. The molecule has 0 aliphatic heterocycles. The fraction of sp³-hybridized carbons (Fsp3) is 0.636. The summed E-state index contributed by atoms with van der Waals surface area (Å²) in [5.74, 6) is 1.47. The van der Waals surface area contributed by atoms with E-state index in [1.165, 1.54) is 38.1 Å².